The topological polar surface area (TPSA) is 131 Å². The van der Waals surface area contributed by atoms with Gasteiger partial charge in [0.25, 0.3) is 0 Å². The van der Waals surface area contributed by atoms with Gasteiger partial charge in [0, 0.05) is 13.0 Å². The number of phosphoric ester groups is 1. The summed E-state index contributed by atoms with van der Waals surface area (Å²) in [6.45, 7) is 4.17. The highest BCUT2D eigenvalue weighted by atomic mass is 31.2. The van der Waals surface area contributed by atoms with E-state index in [1.165, 1.54) is 205 Å². The number of hydrogen-bond acceptors (Lipinski definition) is 6. The van der Waals surface area contributed by atoms with Crippen LogP contribution in [0.25, 0.3) is 0 Å². The Labute approximate surface area is 372 Å². The Morgan fingerprint density at radius 1 is 0.533 bits per heavy atom. The van der Waals surface area contributed by atoms with Crippen LogP contribution in [0.15, 0.2) is 24.3 Å². The molecule has 0 aromatic rings. The van der Waals surface area contributed by atoms with E-state index in [9.17, 15) is 19.4 Å². The van der Waals surface area contributed by atoms with Crippen LogP contribution in [0.5, 0.6) is 0 Å². The molecule has 0 radical (unpaired) electrons. The molecule has 0 spiro atoms. The summed E-state index contributed by atoms with van der Waals surface area (Å²) < 4.78 is 22.2. The zero-order chi connectivity index (χ0) is 43.9. The van der Waals surface area contributed by atoms with Crippen LogP contribution in [0.3, 0.4) is 0 Å². The zero-order valence-corrected chi connectivity index (χ0v) is 40.6. The van der Waals surface area contributed by atoms with Crippen LogP contribution in [0.2, 0.25) is 0 Å². The second kappa shape index (κ2) is 47.5. The number of phosphoric acid groups is 1. The summed E-state index contributed by atoms with van der Waals surface area (Å²) in [6, 6.07) is -0.859. The molecule has 0 rings (SSSR count). The van der Waals surface area contributed by atoms with Crippen LogP contribution in [0.1, 0.15) is 264 Å². The fraction of sp³-hybridized carbons (Fsp3) is 0.902. The summed E-state index contributed by atoms with van der Waals surface area (Å²) in [6.07, 6.45) is 56.7. The Balaban J connectivity index is 4.06. The molecule has 5 N–H and O–H groups in total. The van der Waals surface area contributed by atoms with Crippen molar-refractivity contribution in [3.63, 3.8) is 0 Å². The van der Waals surface area contributed by atoms with Crippen molar-refractivity contribution in [3.05, 3.63) is 24.3 Å². The molecule has 0 aliphatic rings. The van der Waals surface area contributed by atoms with Gasteiger partial charge in [-0.25, -0.2) is 4.57 Å². The summed E-state index contributed by atoms with van der Waals surface area (Å²) in [5, 5.41) is 13.7. The molecule has 1 amide bonds. The van der Waals surface area contributed by atoms with Crippen LogP contribution >= 0.6 is 7.82 Å². The molecule has 3 atom stereocenters. The number of allylic oxidation sites excluding steroid dienone is 3. The van der Waals surface area contributed by atoms with Crippen molar-refractivity contribution in [1.29, 1.82) is 0 Å². The molecular weight excluding hydrogens is 768 g/mol. The average molecular weight is 869 g/mol. The predicted molar refractivity (Wildman–Crippen MR) is 258 cm³/mol. The standard InChI is InChI=1S/C51H101N2O6P/c1-3-5-7-9-11-13-15-17-19-21-23-24-25-26-27-29-31-33-35-37-39-41-43-45-51(55)53-49(48-59-60(56,57)58-47-46-52)50(54)44-42-40-38-36-34-32-30-28-22-20-18-16-14-12-10-8-6-4-2/h21,23,42,44,49-50,54H,3-20,22,24-41,43,45-48,52H2,1-2H3,(H,53,55)(H,56,57)/b23-21-,44-42+. The number of carbonyl (C=O) groups is 1. The monoisotopic (exact) mass is 869 g/mol. The van der Waals surface area contributed by atoms with Crippen molar-refractivity contribution in [3.8, 4) is 0 Å². The Hall–Kier alpha value is -1.02. The first-order valence-electron chi connectivity index (χ1n) is 26.0. The number of amides is 1. The molecule has 8 nitrogen and oxygen atoms in total. The maximum absolute atomic E-state index is 12.8. The molecule has 9 heteroatoms. The number of rotatable bonds is 49. The molecule has 0 bridgehead atoms. The van der Waals surface area contributed by atoms with Gasteiger partial charge in [-0.2, -0.15) is 0 Å². The SMILES string of the molecule is CCCCCCCCCC/C=C\CCCCCCCCCCCCCC(=O)NC(COP(=O)(O)OCCN)C(O)/C=C/CCCCCCCCCCCCCCCCCC. The molecule has 356 valence electrons. The lowest BCUT2D eigenvalue weighted by molar-refractivity contribution is -0.123. The van der Waals surface area contributed by atoms with E-state index in [0.717, 1.165) is 38.5 Å². The van der Waals surface area contributed by atoms with E-state index in [0.29, 0.717) is 6.42 Å². The lowest BCUT2D eigenvalue weighted by Gasteiger charge is -2.23. The van der Waals surface area contributed by atoms with Gasteiger partial charge in [-0.1, -0.05) is 237 Å². The Kier molecular flexibility index (Phi) is 46.7. The van der Waals surface area contributed by atoms with E-state index in [1.54, 1.807) is 6.08 Å². The zero-order valence-electron chi connectivity index (χ0n) is 39.7. The lowest BCUT2D eigenvalue weighted by atomic mass is 10.0. The largest absolute Gasteiger partial charge is 0.472 e. The van der Waals surface area contributed by atoms with Gasteiger partial charge in [0.15, 0.2) is 0 Å². The third-order valence-electron chi connectivity index (χ3n) is 11.8. The first-order chi connectivity index (χ1) is 29.4. The van der Waals surface area contributed by atoms with Gasteiger partial charge in [0.05, 0.1) is 25.4 Å². The van der Waals surface area contributed by atoms with E-state index in [2.05, 4.69) is 31.3 Å². The molecule has 60 heavy (non-hydrogen) atoms. The molecule has 0 saturated carbocycles. The maximum Gasteiger partial charge on any atom is 0.472 e. The summed E-state index contributed by atoms with van der Waals surface area (Å²) in [5.41, 5.74) is 5.39. The van der Waals surface area contributed by atoms with Crippen LogP contribution in [-0.4, -0.2) is 47.8 Å². The molecule has 0 aliphatic carbocycles. The van der Waals surface area contributed by atoms with E-state index in [4.69, 9.17) is 14.8 Å². The highest BCUT2D eigenvalue weighted by Gasteiger charge is 2.26. The van der Waals surface area contributed by atoms with Crippen LogP contribution in [0.4, 0.5) is 0 Å². The van der Waals surface area contributed by atoms with Gasteiger partial charge in [-0.05, 0) is 44.9 Å². The van der Waals surface area contributed by atoms with Crippen molar-refractivity contribution in [2.45, 2.75) is 276 Å². The number of nitrogens with one attached hydrogen (secondary N) is 1. The average Bonchev–Trinajstić information content (AvgIpc) is 3.24. The van der Waals surface area contributed by atoms with Crippen molar-refractivity contribution in [2.75, 3.05) is 19.8 Å². The Bertz CT molecular complexity index is 995. The molecule has 0 aliphatic heterocycles. The van der Waals surface area contributed by atoms with Gasteiger partial charge in [0.1, 0.15) is 0 Å². The van der Waals surface area contributed by atoms with Gasteiger partial charge in [-0.15, -0.1) is 0 Å². The molecule has 0 aromatic carbocycles. The summed E-state index contributed by atoms with van der Waals surface area (Å²) >= 11 is 0. The quantitative estimate of drug-likeness (QED) is 0.0272. The van der Waals surface area contributed by atoms with Crippen molar-refractivity contribution in [2.24, 2.45) is 5.73 Å². The van der Waals surface area contributed by atoms with E-state index >= 15 is 0 Å². The van der Waals surface area contributed by atoms with Crippen molar-refractivity contribution < 1.29 is 28.4 Å². The molecule has 0 fully saturated rings. The number of unbranched alkanes of at least 4 members (excludes halogenated alkanes) is 35. The first-order valence-corrected chi connectivity index (χ1v) is 27.5. The molecule has 3 unspecified atom stereocenters. The normalized spacial score (nSPS) is 14.0. The number of nitrogens with two attached hydrogens (primary N) is 1. The predicted octanol–water partition coefficient (Wildman–Crippen LogP) is 15.3. The fourth-order valence-corrected chi connectivity index (χ4v) is 8.59. The minimum absolute atomic E-state index is 0.0799. The number of hydrogen-bond donors (Lipinski definition) is 4. The maximum atomic E-state index is 12.8. The van der Waals surface area contributed by atoms with E-state index in [-0.39, 0.29) is 25.7 Å². The first kappa shape index (κ1) is 59.0. The Morgan fingerprint density at radius 3 is 1.23 bits per heavy atom. The highest BCUT2D eigenvalue weighted by Crippen LogP contribution is 2.43. The Morgan fingerprint density at radius 2 is 0.867 bits per heavy atom. The van der Waals surface area contributed by atoms with Gasteiger partial charge >= 0.3 is 7.82 Å². The molecule has 0 aromatic heterocycles. The minimum atomic E-state index is -4.34. The third kappa shape index (κ3) is 45.0. The number of aliphatic hydroxyl groups is 1. The van der Waals surface area contributed by atoms with E-state index in [1.807, 2.05) is 6.08 Å². The van der Waals surface area contributed by atoms with Crippen LogP contribution in [0, 0.1) is 0 Å². The van der Waals surface area contributed by atoms with Gasteiger partial charge in [-0.3, -0.25) is 13.8 Å². The molecular formula is C51H101N2O6P. The summed E-state index contributed by atoms with van der Waals surface area (Å²) in [5.74, 6) is -0.191. The highest BCUT2D eigenvalue weighted by molar-refractivity contribution is 7.47. The minimum Gasteiger partial charge on any atom is -0.387 e. The third-order valence-corrected chi connectivity index (χ3v) is 12.8. The van der Waals surface area contributed by atoms with Gasteiger partial charge < -0.3 is 21.1 Å². The summed E-state index contributed by atoms with van der Waals surface area (Å²) in [4.78, 5) is 22.8. The van der Waals surface area contributed by atoms with Crippen molar-refractivity contribution >= 4 is 13.7 Å². The smallest absolute Gasteiger partial charge is 0.387 e. The second-order valence-corrected chi connectivity index (χ2v) is 19.2. The number of aliphatic hydroxyl groups excluding tert-OH is 1. The van der Waals surface area contributed by atoms with Crippen molar-refractivity contribution in [1.82, 2.24) is 5.32 Å². The van der Waals surface area contributed by atoms with Crippen LogP contribution < -0.4 is 11.1 Å². The van der Waals surface area contributed by atoms with Crippen LogP contribution in [-0.2, 0) is 18.4 Å². The lowest BCUT2D eigenvalue weighted by Crippen LogP contribution is -2.45. The second-order valence-electron chi connectivity index (χ2n) is 17.7. The van der Waals surface area contributed by atoms with Gasteiger partial charge in [0.2, 0.25) is 5.91 Å². The van der Waals surface area contributed by atoms with E-state index < -0.39 is 20.0 Å². The summed E-state index contributed by atoms with van der Waals surface area (Å²) in [7, 11) is -4.34. The molecule has 0 heterocycles. The fourth-order valence-electron chi connectivity index (χ4n) is 7.83. The number of carbonyl (C=O) groups excluding carboxylic acids is 1. The molecule has 0 saturated heterocycles.